The highest BCUT2D eigenvalue weighted by Crippen LogP contribution is 2.27. The summed E-state index contributed by atoms with van der Waals surface area (Å²) in [7, 11) is 1.73. The molecule has 0 saturated carbocycles. The van der Waals surface area contributed by atoms with Crippen molar-refractivity contribution in [1.29, 1.82) is 0 Å². The van der Waals surface area contributed by atoms with E-state index in [4.69, 9.17) is 0 Å². The van der Waals surface area contributed by atoms with E-state index in [2.05, 4.69) is 20.3 Å². The first-order chi connectivity index (χ1) is 13.1. The standard InChI is InChI=1S/C19H25N5O2S/c1-4-14(9-20-3)12(2)21-19-22-15-6-8-27-17(15)16(23-19)18(26)24-7-5-13(10-24)11-25/h4,6,8-9,12-13,25H,5,7,10-11H2,1-3H3,(H,21,22,23)/b14-4+,20-9?. The van der Waals surface area contributed by atoms with Crippen molar-refractivity contribution < 1.29 is 9.90 Å². The third kappa shape index (κ3) is 4.17. The lowest BCUT2D eigenvalue weighted by Crippen LogP contribution is -2.30. The number of fused-ring (bicyclic) bond motifs is 1. The lowest BCUT2D eigenvalue weighted by molar-refractivity contribution is 0.0778. The highest BCUT2D eigenvalue weighted by molar-refractivity contribution is 7.17. The monoisotopic (exact) mass is 387 g/mol. The number of allylic oxidation sites excluding steroid dienone is 1. The molecule has 2 aromatic heterocycles. The molecule has 1 saturated heterocycles. The van der Waals surface area contributed by atoms with Gasteiger partial charge in [-0.1, -0.05) is 6.08 Å². The van der Waals surface area contributed by atoms with Crippen LogP contribution in [0.15, 0.2) is 28.1 Å². The summed E-state index contributed by atoms with van der Waals surface area (Å²) in [6.45, 7) is 5.29. The van der Waals surface area contributed by atoms with Crippen molar-refractivity contribution in [3.8, 4) is 0 Å². The topological polar surface area (TPSA) is 90.7 Å². The molecule has 1 fully saturated rings. The number of nitrogens with one attached hydrogen (secondary N) is 1. The number of aliphatic hydroxyl groups excluding tert-OH is 1. The Morgan fingerprint density at radius 1 is 1.56 bits per heavy atom. The maximum absolute atomic E-state index is 13.1. The Bertz CT molecular complexity index is 876. The predicted octanol–water partition coefficient (Wildman–Crippen LogP) is 2.59. The Morgan fingerprint density at radius 2 is 2.37 bits per heavy atom. The van der Waals surface area contributed by atoms with E-state index in [-0.39, 0.29) is 24.5 Å². The van der Waals surface area contributed by atoms with Gasteiger partial charge in [-0.2, -0.15) is 0 Å². The highest BCUT2D eigenvalue weighted by Gasteiger charge is 2.29. The first-order valence-corrected chi connectivity index (χ1v) is 9.95. The van der Waals surface area contributed by atoms with Crippen molar-refractivity contribution in [3.05, 3.63) is 28.8 Å². The summed E-state index contributed by atoms with van der Waals surface area (Å²) in [5.41, 5.74) is 2.20. The first-order valence-electron chi connectivity index (χ1n) is 9.07. The fraction of sp³-hybridized carbons (Fsp3) is 0.474. The first kappa shape index (κ1) is 19.4. The second-order valence-electron chi connectivity index (χ2n) is 6.66. The average molecular weight is 388 g/mol. The summed E-state index contributed by atoms with van der Waals surface area (Å²) in [6, 6.07) is 1.86. The molecule has 1 amide bonds. The van der Waals surface area contributed by atoms with Gasteiger partial charge in [0.15, 0.2) is 5.69 Å². The Balaban J connectivity index is 1.90. The molecule has 8 heteroatoms. The molecule has 27 heavy (non-hydrogen) atoms. The van der Waals surface area contributed by atoms with Gasteiger partial charge in [0.2, 0.25) is 5.95 Å². The number of nitrogens with zero attached hydrogens (tertiary/aromatic N) is 4. The van der Waals surface area contributed by atoms with E-state index in [0.717, 1.165) is 22.2 Å². The molecule has 7 nitrogen and oxygen atoms in total. The molecule has 3 rings (SSSR count). The van der Waals surface area contributed by atoms with Gasteiger partial charge in [0.1, 0.15) is 0 Å². The van der Waals surface area contributed by atoms with E-state index in [0.29, 0.717) is 24.7 Å². The summed E-state index contributed by atoms with van der Waals surface area (Å²) in [5.74, 6) is 0.481. The van der Waals surface area contributed by atoms with Crippen LogP contribution in [0, 0.1) is 5.92 Å². The second-order valence-corrected chi connectivity index (χ2v) is 7.58. The zero-order chi connectivity index (χ0) is 19.4. The summed E-state index contributed by atoms with van der Waals surface area (Å²) in [4.78, 5) is 28.0. The van der Waals surface area contributed by atoms with E-state index in [9.17, 15) is 9.90 Å². The zero-order valence-corrected chi connectivity index (χ0v) is 16.7. The number of hydrogen-bond donors (Lipinski definition) is 2. The van der Waals surface area contributed by atoms with Gasteiger partial charge >= 0.3 is 0 Å². The SMILES string of the molecule is C/C=C(\C=NC)C(C)Nc1nc(C(=O)N2CCC(CO)C2)c2sccc2n1. The van der Waals surface area contributed by atoms with Crippen LogP contribution in [0.3, 0.4) is 0 Å². The van der Waals surface area contributed by atoms with Gasteiger partial charge in [-0.25, -0.2) is 9.97 Å². The van der Waals surface area contributed by atoms with Gasteiger partial charge in [0.05, 0.1) is 16.3 Å². The molecule has 2 N–H and O–H groups in total. The molecule has 2 aromatic rings. The molecule has 2 atom stereocenters. The summed E-state index contributed by atoms with van der Waals surface area (Å²) < 4.78 is 0.798. The molecule has 0 aromatic carbocycles. The highest BCUT2D eigenvalue weighted by atomic mass is 32.1. The quantitative estimate of drug-likeness (QED) is 0.744. The molecular weight excluding hydrogens is 362 g/mol. The van der Waals surface area contributed by atoms with Gasteiger partial charge in [0.25, 0.3) is 5.91 Å². The van der Waals surface area contributed by atoms with Crippen molar-refractivity contribution in [1.82, 2.24) is 14.9 Å². The van der Waals surface area contributed by atoms with Gasteiger partial charge in [0, 0.05) is 38.9 Å². The molecule has 2 unspecified atom stereocenters. The van der Waals surface area contributed by atoms with Crippen LogP contribution in [-0.4, -0.2) is 64.9 Å². The number of carbonyl (C=O) groups excluding carboxylic acids is 1. The predicted molar refractivity (Wildman–Crippen MR) is 110 cm³/mol. The average Bonchev–Trinajstić information content (AvgIpc) is 3.33. The van der Waals surface area contributed by atoms with E-state index < -0.39 is 0 Å². The second kappa shape index (κ2) is 8.58. The fourth-order valence-electron chi connectivity index (χ4n) is 3.25. The Morgan fingerprint density at radius 3 is 3.04 bits per heavy atom. The molecule has 1 aliphatic rings. The van der Waals surface area contributed by atoms with Gasteiger partial charge in [-0.15, -0.1) is 11.3 Å². The third-order valence-electron chi connectivity index (χ3n) is 4.79. The van der Waals surface area contributed by atoms with E-state index >= 15 is 0 Å². The van der Waals surface area contributed by atoms with Crippen LogP contribution in [0.1, 0.15) is 30.8 Å². The Hall–Kier alpha value is -2.32. The Kier molecular flexibility index (Phi) is 6.18. The van der Waals surface area contributed by atoms with Crippen molar-refractivity contribution in [2.75, 3.05) is 32.1 Å². The molecule has 144 valence electrons. The number of thiophene rings is 1. The zero-order valence-electron chi connectivity index (χ0n) is 15.8. The van der Waals surface area contributed by atoms with Crippen molar-refractivity contribution in [2.45, 2.75) is 26.3 Å². The van der Waals surface area contributed by atoms with Crippen molar-refractivity contribution >= 4 is 39.6 Å². The van der Waals surface area contributed by atoms with E-state index in [1.54, 1.807) is 18.2 Å². The normalized spacial score (nSPS) is 19.2. The minimum absolute atomic E-state index is 0.0386. The van der Waals surface area contributed by atoms with Crippen LogP contribution < -0.4 is 5.32 Å². The number of aromatic nitrogens is 2. The third-order valence-corrected chi connectivity index (χ3v) is 5.70. The minimum Gasteiger partial charge on any atom is -0.396 e. The number of rotatable bonds is 6. The number of anilines is 1. The van der Waals surface area contributed by atoms with Crippen LogP contribution in [0.25, 0.3) is 10.2 Å². The number of amides is 1. The van der Waals surface area contributed by atoms with Crippen LogP contribution in [0.5, 0.6) is 0 Å². The lowest BCUT2D eigenvalue weighted by Gasteiger charge is -2.18. The number of aliphatic hydroxyl groups is 1. The summed E-state index contributed by atoms with van der Waals surface area (Å²) in [5, 5.41) is 14.5. The van der Waals surface area contributed by atoms with E-state index in [1.165, 1.54) is 11.3 Å². The molecule has 0 spiro atoms. The fourth-order valence-corrected chi connectivity index (χ4v) is 4.06. The number of aliphatic imine (C=N–C) groups is 1. The molecule has 0 aliphatic carbocycles. The number of carbonyl (C=O) groups is 1. The summed E-state index contributed by atoms with van der Waals surface area (Å²) in [6.07, 6.45) is 4.61. The van der Waals surface area contributed by atoms with Crippen LogP contribution in [-0.2, 0) is 0 Å². The maximum atomic E-state index is 13.1. The number of hydrogen-bond acceptors (Lipinski definition) is 7. The van der Waals surface area contributed by atoms with Crippen molar-refractivity contribution in [3.63, 3.8) is 0 Å². The van der Waals surface area contributed by atoms with Gasteiger partial charge < -0.3 is 15.3 Å². The van der Waals surface area contributed by atoms with Crippen LogP contribution in [0.4, 0.5) is 5.95 Å². The van der Waals surface area contributed by atoms with Crippen molar-refractivity contribution in [2.24, 2.45) is 10.9 Å². The molecular formula is C19H25N5O2S. The largest absolute Gasteiger partial charge is 0.396 e. The van der Waals surface area contributed by atoms with Gasteiger partial charge in [-0.3, -0.25) is 9.79 Å². The van der Waals surface area contributed by atoms with Crippen LogP contribution in [0.2, 0.25) is 0 Å². The smallest absolute Gasteiger partial charge is 0.274 e. The number of likely N-dealkylation sites (tertiary alicyclic amines) is 1. The maximum Gasteiger partial charge on any atom is 0.274 e. The molecule has 0 radical (unpaired) electrons. The molecule has 1 aliphatic heterocycles. The van der Waals surface area contributed by atoms with Crippen LogP contribution >= 0.6 is 11.3 Å². The minimum atomic E-state index is -0.0992. The lowest BCUT2D eigenvalue weighted by atomic mass is 10.1. The molecule has 0 bridgehead atoms. The van der Waals surface area contributed by atoms with Gasteiger partial charge in [-0.05, 0) is 37.3 Å². The molecule has 3 heterocycles. The Labute approximate surface area is 162 Å². The summed E-state index contributed by atoms with van der Waals surface area (Å²) >= 11 is 1.47. The van der Waals surface area contributed by atoms with E-state index in [1.807, 2.05) is 31.4 Å².